The van der Waals surface area contributed by atoms with E-state index < -0.39 is 11.9 Å². The van der Waals surface area contributed by atoms with Crippen molar-refractivity contribution in [3.63, 3.8) is 0 Å². The average molecular weight is 379 g/mol. The maximum absolute atomic E-state index is 12.1. The molecule has 8 heteroatoms. The fraction of sp³-hybridized carbons (Fsp3) is 0.0667. The number of hydrogen-bond acceptors (Lipinski definition) is 4. The Morgan fingerprint density at radius 1 is 1.13 bits per heavy atom. The van der Waals surface area contributed by atoms with Crippen LogP contribution in [0.4, 0.5) is 16.2 Å². The number of nitrogen functional groups attached to an aromatic ring is 1. The van der Waals surface area contributed by atoms with Crippen LogP contribution in [0.1, 0.15) is 10.4 Å². The highest BCUT2D eigenvalue weighted by atomic mass is 79.9. The van der Waals surface area contributed by atoms with Crippen LogP contribution in [0.5, 0.6) is 5.75 Å². The van der Waals surface area contributed by atoms with E-state index in [1.807, 2.05) is 11.5 Å². The van der Waals surface area contributed by atoms with Crippen molar-refractivity contribution >= 4 is 39.2 Å². The Kier molecular flexibility index (Phi) is 5.56. The minimum Gasteiger partial charge on any atom is -0.497 e. The number of urea groups is 1. The highest BCUT2D eigenvalue weighted by Gasteiger charge is 2.14. The first-order valence-electron chi connectivity index (χ1n) is 6.56. The molecule has 5 N–H and O–H groups in total. The van der Waals surface area contributed by atoms with Crippen LogP contribution >= 0.6 is 15.9 Å². The summed E-state index contributed by atoms with van der Waals surface area (Å²) in [6.45, 7) is 0. The Balaban J connectivity index is 2.20. The number of methoxy groups -OCH3 is 1. The van der Waals surface area contributed by atoms with Crippen molar-refractivity contribution in [2.45, 2.75) is 0 Å². The molecule has 2 aromatic rings. The molecule has 23 heavy (non-hydrogen) atoms. The van der Waals surface area contributed by atoms with Gasteiger partial charge >= 0.3 is 6.03 Å². The quantitative estimate of drug-likeness (QED) is 0.372. The largest absolute Gasteiger partial charge is 0.497 e. The van der Waals surface area contributed by atoms with Gasteiger partial charge in [0.05, 0.1) is 18.4 Å². The summed E-state index contributed by atoms with van der Waals surface area (Å²) in [5.74, 6) is 5.12. The molecule has 0 radical (unpaired) electrons. The molecule has 2 aromatic carbocycles. The predicted octanol–water partition coefficient (Wildman–Crippen LogP) is 2.71. The maximum Gasteiger partial charge on any atom is 0.323 e. The van der Waals surface area contributed by atoms with Crippen molar-refractivity contribution < 1.29 is 14.3 Å². The highest BCUT2D eigenvalue weighted by Crippen LogP contribution is 2.23. The predicted molar refractivity (Wildman–Crippen MR) is 91.4 cm³/mol. The van der Waals surface area contributed by atoms with Gasteiger partial charge in [0.2, 0.25) is 0 Å². The molecule has 120 valence electrons. The van der Waals surface area contributed by atoms with Crippen LogP contribution in [-0.2, 0) is 0 Å². The van der Waals surface area contributed by atoms with Crippen LogP contribution in [0.25, 0.3) is 0 Å². The Bertz CT molecular complexity index is 736. The van der Waals surface area contributed by atoms with Gasteiger partial charge in [0.1, 0.15) is 5.75 Å². The number of ether oxygens (including phenoxy) is 1. The van der Waals surface area contributed by atoms with E-state index in [-0.39, 0.29) is 11.3 Å². The zero-order valence-corrected chi connectivity index (χ0v) is 13.8. The van der Waals surface area contributed by atoms with E-state index in [1.165, 1.54) is 19.2 Å². The molecule has 0 saturated heterocycles. The first kappa shape index (κ1) is 16.8. The molecule has 3 amide bonds. The SMILES string of the molecule is COc1ccc(C(=O)NN)c(NC(=O)Nc2cccc(Br)c2)c1. The summed E-state index contributed by atoms with van der Waals surface area (Å²) in [4.78, 5) is 23.9. The lowest BCUT2D eigenvalue weighted by molar-refractivity contribution is 0.0954. The third-order valence-electron chi connectivity index (χ3n) is 2.93. The highest BCUT2D eigenvalue weighted by molar-refractivity contribution is 9.10. The monoisotopic (exact) mass is 378 g/mol. The van der Waals surface area contributed by atoms with Crippen molar-refractivity contribution in [2.75, 3.05) is 17.7 Å². The first-order valence-corrected chi connectivity index (χ1v) is 7.35. The molecule has 0 atom stereocenters. The number of carbonyl (C=O) groups is 2. The molecule has 0 spiro atoms. The van der Waals surface area contributed by atoms with Gasteiger partial charge in [-0.25, -0.2) is 10.6 Å². The molecule has 0 fully saturated rings. The topological polar surface area (TPSA) is 105 Å². The lowest BCUT2D eigenvalue weighted by Gasteiger charge is -2.12. The minimum atomic E-state index is -0.523. The summed E-state index contributed by atoms with van der Waals surface area (Å²) in [6, 6.07) is 11.3. The summed E-state index contributed by atoms with van der Waals surface area (Å²) < 4.78 is 5.93. The molecule has 0 aliphatic carbocycles. The van der Waals surface area contributed by atoms with Crippen molar-refractivity contribution in [1.82, 2.24) is 5.43 Å². The van der Waals surface area contributed by atoms with Gasteiger partial charge in [-0.05, 0) is 30.3 Å². The Morgan fingerprint density at radius 2 is 1.91 bits per heavy atom. The lowest BCUT2D eigenvalue weighted by Crippen LogP contribution is -2.31. The Hall–Kier alpha value is -2.58. The molecule has 2 rings (SSSR count). The van der Waals surface area contributed by atoms with Crippen molar-refractivity contribution in [1.29, 1.82) is 0 Å². The number of nitrogens with one attached hydrogen (secondary N) is 3. The van der Waals surface area contributed by atoms with Crippen molar-refractivity contribution in [3.8, 4) is 5.75 Å². The molecule has 0 saturated carbocycles. The summed E-state index contributed by atoms with van der Waals surface area (Å²) in [6.07, 6.45) is 0. The number of nitrogens with two attached hydrogens (primary N) is 1. The molecule has 0 aliphatic heterocycles. The second-order valence-electron chi connectivity index (χ2n) is 4.47. The summed E-state index contributed by atoms with van der Waals surface area (Å²) in [5, 5.41) is 5.28. The van der Waals surface area contributed by atoms with Gasteiger partial charge in [0.15, 0.2) is 0 Å². The van der Waals surface area contributed by atoms with Crippen molar-refractivity contribution in [3.05, 3.63) is 52.5 Å². The van der Waals surface area contributed by atoms with E-state index in [2.05, 4.69) is 26.6 Å². The van der Waals surface area contributed by atoms with E-state index in [0.717, 1.165) is 4.47 Å². The normalized spacial score (nSPS) is 9.87. The summed E-state index contributed by atoms with van der Waals surface area (Å²) >= 11 is 3.32. The maximum atomic E-state index is 12.1. The van der Waals surface area contributed by atoms with Crippen LogP contribution in [0.3, 0.4) is 0 Å². The Morgan fingerprint density at radius 3 is 2.57 bits per heavy atom. The van der Waals surface area contributed by atoms with Crippen LogP contribution in [-0.4, -0.2) is 19.0 Å². The van der Waals surface area contributed by atoms with E-state index in [9.17, 15) is 9.59 Å². The fourth-order valence-corrected chi connectivity index (χ4v) is 2.28. The van der Waals surface area contributed by atoms with E-state index in [4.69, 9.17) is 10.6 Å². The minimum absolute atomic E-state index is 0.220. The lowest BCUT2D eigenvalue weighted by atomic mass is 10.1. The van der Waals surface area contributed by atoms with Gasteiger partial charge in [-0.1, -0.05) is 22.0 Å². The molecule has 0 bridgehead atoms. The summed E-state index contributed by atoms with van der Waals surface area (Å²) in [5.41, 5.74) is 3.13. The number of anilines is 2. The molecule has 0 aliphatic rings. The fourth-order valence-electron chi connectivity index (χ4n) is 1.88. The van der Waals surface area contributed by atoms with Gasteiger partial charge in [0, 0.05) is 16.2 Å². The number of amides is 3. The summed E-state index contributed by atoms with van der Waals surface area (Å²) in [7, 11) is 1.49. The zero-order valence-electron chi connectivity index (χ0n) is 12.2. The van der Waals surface area contributed by atoms with Crippen molar-refractivity contribution in [2.24, 2.45) is 5.84 Å². The van der Waals surface area contributed by atoms with Gasteiger partial charge < -0.3 is 15.4 Å². The van der Waals surface area contributed by atoms with Crippen LogP contribution in [0, 0.1) is 0 Å². The van der Waals surface area contributed by atoms with E-state index in [0.29, 0.717) is 11.4 Å². The first-order chi connectivity index (χ1) is 11.0. The Labute approximate surface area is 141 Å². The van der Waals surface area contributed by atoms with Crippen LogP contribution in [0.15, 0.2) is 46.9 Å². The van der Waals surface area contributed by atoms with E-state index in [1.54, 1.807) is 24.3 Å². The number of benzene rings is 2. The number of halogens is 1. The number of carbonyl (C=O) groups excluding carboxylic acids is 2. The van der Waals surface area contributed by atoms with Gasteiger partial charge in [-0.3, -0.25) is 10.2 Å². The zero-order chi connectivity index (χ0) is 16.8. The third kappa shape index (κ3) is 4.44. The standard InChI is InChI=1S/C15H15BrN4O3/c1-23-11-5-6-12(14(21)20-17)13(8-11)19-15(22)18-10-4-2-3-9(16)7-10/h2-8H,17H2,1H3,(H,20,21)(H2,18,19,22). The number of hydrogen-bond donors (Lipinski definition) is 4. The molecule has 0 aromatic heterocycles. The van der Waals surface area contributed by atoms with Gasteiger partial charge in [-0.15, -0.1) is 0 Å². The smallest absolute Gasteiger partial charge is 0.323 e. The third-order valence-corrected chi connectivity index (χ3v) is 3.43. The van der Waals surface area contributed by atoms with Crippen LogP contribution < -0.4 is 26.6 Å². The van der Waals surface area contributed by atoms with E-state index >= 15 is 0 Å². The van der Waals surface area contributed by atoms with Crippen LogP contribution in [0.2, 0.25) is 0 Å². The molecular formula is C15H15BrN4O3. The molecule has 0 heterocycles. The number of rotatable bonds is 4. The molecule has 7 nitrogen and oxygen atoms in total. The van der Waals surface area contributed by atoms with Gasteiger partial charge in [-0.2, -0.15) is 0 Å². The molecule has 0 unspecified atom stereocenters. The number of hydrazine groups is 1. The second kappa shape index (κ2) is 7.61. The van der Waals surface area contributed by atoms with Gasteiger partial charge in [0.25, 0.3) is 5.91 Å². The second-order valence-corrected chi connectivity index (χ2v) is 5.39. The molecular weight excluding hydrogens is 364 g/mol. The average Bonchev–Trinajstić information content (AvgIpc) is 2.54.